The molecule has 0 aliphatic heterocycles. The molecular weight excluding hydrogens is 428 g/mol. The summed E-state index contributed by atoms with van der Waals surface area (Å²) in [5, 5.41) is 7.39. The second kappa shape index (κ2) is 13.5. The van der Waals surface area contributed by atoms with Crippen LogP contribution < -0.4 is 16.1 Å². The molecule has 0 aliphatic rings. The molecule has 34 heavy (non-hydrogen) atoms. The second-order valence-corrected chi connectivity index (χ2v) is 7.82. The van der Waals surface area contributed by atoms with Gasteiger partial charge < -0.3 is 10.6 Å². The average Bonchev–Trinajstić information content (AvgIpc) is 2.89. The Morgan fingerprint density at radius 2 is 1.00 bits per heavy atom. The summed E-state index contributed by atoms with van der Waals surface area (Å²) in [4.78, 5) is 37.3. The first-order valence-electron chi connectivity index (χ1n) is 11.3. The Balaban J connectivity index is 1.50. The van der Waals surface area contributed by atoms with E-state index in [9.17, 15) is 14.4 Å². The van der Waals surface area contributed by atoms with Crippen molar-refractivity contribution in [3.63, 3.8) is 0 Å². The Kier molecular flexibility index (Phi) is 9.83. The molecule has 3 amide bonds. The lowest BCUT2D eigenvalue weighted by molar-refractivity contribution is -0.121. The zero-order chi connectivity index (χ0) is 24.0. The molecule has 7 nitrogen and oxygen atoms in total. The van der Waals surface area contributed by atoms with Gasteiger partial charge in [-0.2, -0.15) is 0 Å². The van der Waals surface area contributed by atoms with E-state index >= 15 is 0 Å². The molecule has 0 unspecified atom stereocenters. The van der Waals surface area contributed by atoms with Crippen LogP contribution in [-0.4, -0.2) is 35.8 Å². The van der Waals surface area contributed by atoms with E-state index in [4.69, 9.17) is 0 Å². The summed E-state index contributed by atoms with van der Waals surface area (Å²) in [5.74, 6) is -0.539. The zero-order valence-electron chi connectivity index (χ0n) is 19.1. The van der Waals surface area contributed by atoms with Crippen LogP contribution >= 0.6 is 0 Å². The Bertz CT molecular complexity index is 984. The number of hydrogen-bond acceptors (Lipinski definition) is 4. The second-order valence-electron chi connectivity index (χ2n) is 7.82. The molecule has 3 aromatic rings. The van der Waals surface area contributed by atoms with Gasteiger partial charge in [-0.3, -0.25) is 19.8 Å². The lowest BCUT2D eigenvalue weighted by Crippen LogP contribution is -2.45. The number of benzene rings is 3. The minimum absolute atomic E-state index is 0.128. The van der Waals surface area contributed by atoms with Gasteiger partial charge in [0.1, 0.15) is 0 Å². The molecule has 3 rings (SSSR count). The number of rotatable bonds is 12. The molecule has 0 heterocycles. The minimum Gasteiger partial charge on any atom is -0.352 e. The summed E-state index contributed by atoms with van der Waals surface area (Å²) in [6.45, 7) is 1.45. The molecule has 0 aromatic heterocycles. The van der Waals surface area contributed by atoms with Crippen molar-refractivity contribution < 1.29 is 14.4 Å². The topological polar surface area (TPSA) is 90.5 Å². The monoisotopic (exact) mass is 458 g/mol. The first-order valence-corrected chi connectivity index (χ1v) is 11.3. The highest BCUT2D eigenvalue weighted by Crippen LogP contribution is 2.02. The van der Waals surface area contributed by atoms with Crippen LogP contribution in [0.3, 0.4) is 0 Å². The smallest absolute Gasteiger partial charge is 0.265 e. The lowest BCUT2D eigenvalue weighted by Gasteiger charge is -2.23. The molecule has 0 atom stereocenters. The van der Waals surface area contributed by atoms with E-state index in [0.29, 0.717) is 18.7 Å². The van der Waals surface area contributed by atoms with Gasteiger partial charge in [0, 0.05) is 44.6 Å². The third-order valence-electron chi connectivity index (χ3n) is 5.18. The van der Waals surface area contributed by atoms with Crippen molar-refractivity contribution in [1.29, 1.82) is 0 Å². The first kappa shape index (κ1) is 24.7. The van der Waals surface area contributed by atoms with Crippen molar-refractivity contribution in [2.75, 3.05) is 13.1 Å². The van der Waals surface area contributed by atoms with Gasteiger partial charge in [0.25, 0.3) is 5.91 Å². The van der Waals surface area contributed by atoms with Crippen molar-refractivity contribution in [2.45, 2.75) is 25.9 Å². The third-order valence-corrected chi connectivity index (χ3v) is 5.18. The van der Waals surface area contributed by atoms with E-state index in [1.165, 1.54) is 0 Å². The predicted molar refractivity (Wildman–Crippen MR) is 131 cm³/mol. The Labute approximate surface area is 200 Å². The number of amides is 3. The average molecular weight is 459 g/mol. The maximum absolute atomic E-state index is 12.6. The van der Waals surface area contributed by atoms with Gasteiger partial charge in [-0.1, -0.05) is 78.9 Å². The van der Waals surface area contributed by atoms with E-state index in [2.05, 4.69) is 16.1 Å². The SMILES string of the molecule is O=C(CCN(CCC(=O)NCc1ccccc1)NC(=O)c1ccccc1)NCc1ccccc1. The maximum Gasteiger partial charge on any atom is 0.265 e. The van der Waals surface area contributed by atoms with E-state index in [1.807, 2.05) is 66.7 Å². The van der Waals surface area contributed by atoms with E-state index in [-0.39, 0.29) is 43.7 Å². The van der Waals surface area contributed by atoms with Crippen LogP contribution in [0.15, 0.2) is 91.0 Å². The van der Waals surface area contributed by atoms with Gasteiger partial charge in [-0.05, 0) is 23.3 Å². The molecule has 0 radical (unpaired) electrons. The molecule has 3 aromatic carbocycles. The molecular formula is C27H30N4O3. The van der Waals surface area contributed by atoms with Crippen molar-refractivity contribution in [1.82, 2.24) is 21.1 Å². The number of nitrogens with one attached hydrogen (secondary N) is 3. The number of carbonyl (C=O) groups is 3. The molecule has 3 N–H and O–H groups in total. The standard InChI is InChI=1S/C27H30N4O3/c32-25(28-20-22-10-4-1-5-11-22)16-18-31(30-27(34)24-14-8-3-9-15-24)19-17-26(33)29-21-23-12-6-2-7-13-23/h1-15H,16-21H2,(H,28,32)(H,29,33)(H,30,34). The van der Waals surface area contributed by atoms with Gasteiger partial charge in [-0.25, -0.2) is 5.01 Å². The number of hydrazine groups is 1. The summed E-state index contributed by atoms with van der Waals surface area (Å²) in [6, 6.07) is 28.2. The third kappa shape index (κ3) is 8.88. The molecule has 176 valence electrons. The van der Waals surface area contributed by atoms with E-state index < -0.39 is 0 Å². The minimum atomic E-state index is -0.282. The Morgan fingerprint density at radius 1 is 0.588 bits per heavy atom. The fourth-order valence-corrected chi connectivity index (χ4v) is 3.26. The van der Waals surface area contributed by atoms with Crippen molar-refractivity contribution >= 4 is 17.7 Å². The maximum atomic E-state index is 12.6. The highest BCUT2D eigenvalue weighted by molar-refractivity contribution is 5.93. The fourth-order valence-electron chi connectivity index (χ4n) is 3.26. The number of hydrogen-bond donors (Lipinski definition) is 3. The van der Waals surface area contributed by atoms with Gasteiger partial charge in [0.05, 0.1) is 0 Å². The fraction of sp³-hybridized carbons (Fsp3) is 0.222. The van der Waals surface area contributed by atoms with Crippen LogP contribution in [0.2, 0.25) is 0 Å². The molecule has 0 saturated carbocycles. The quantitative estimate of drug-likeness (QED) is 0.364. The van der Waals surface area contributed by atoms with E-state index in [1.54, 1.807) is 29.3 Å². The van der Waals surface area contributed by atoms with Gasteiger partial charge in [0.15, 0.2) is 0 Å². The molecule has 0 bridgehead atoms. The van der Waals surface area contributed by atoms with E-state index in [0.717, 1.165) is 11.1 Å². The summed E-state index contributed by atoms with van der Waals surface area (Å²) < 4.78 is 0. The van der Waals surface area contributed by atoms with Crippen LogP contribution in [0.1, 0.15) is 34.3 Å². The number of nitrogens with zero attached hydrogens (tertiary/aromatic N) is 1. The Hall–Kier alpha value is -3.97. The number of carbonyl (C=O) groups excluding carboxylic acids is 3. The first-order chi connectivity index (χ1) is 16.6. The Morgan fingerprint density at radius 3 is 1.44 bits per heavy atom. The molecule has 0 saturated heterocycles. The predicted octanol–water partition coefficient (Wildman–Crippen LogP) is 3.05. The normalized spacial score (nSPS) is 10.5. The van der Waals surface area contributed by atoms with Gasteiger partial charge >= 0.3 is 0 Å². The summed E-state index contributed by atoms with van der Waals surface area (Å²) in [6.07, 6.45) is 0.376. The van der Waals surface area contributed by atoms with Crippen LogP contribution in [-0.2, 0) is 22.7 Å². The largest absolute Gasteiger partial charge is 0.352 e. The van der Waals surface area contributed by atoms with Crippen molar-refractivity contribution in [3.8, 4) is 0 Å². The van der Waals surface area contributed by atoms with Crippen LogP contribution in [0.25, 0.3) is 0 Å². The lowest BCUT2D eigenvalue weighted by atomic mass is 10.2. The summed E-state index contributed by atoms with van der Waals surface area (Å²) >= 11 is 0. The van der Waals surface area contributed by atoms with Crippen molar-refractivity contribution in [2.24, 2.45) is 0 Å². The highest BCUT2D eigenvalue weighted by atomic mass is 16.2. The van der Waals surface area contributed by atoms with Gasteiger partial charge in [0.2, 0.25) is 11.8 Å². The van der Waals surface area contributed by atoms with Crippen molar-refractivity contribution in [3.05, 3.63) is 108 Å². The highest BCUT2D eigenvalue weighted by Gasteiger charge is 2.14. The van der Waals surface area contributed by atoms with Crippen LogP contribution in [0.4, 0.5) is 0 Å². The molecule has 0 fully saturated rings. The molecule has 0 spiro atoms. The summed E-state index contributed by atoms with van der Waals surface area (Å²) in [7, 11) is 0. The molecule has 0 aliphatic carbocycles. The zero-order valence-corrected chi connectivity index (χ0v) is 19.1. The van der Waals surface area contributed by atoms with Crippen LogP contribution in [0.5, 0.6) is 0 Å². The van der Waals surface area contributed by atoms with Crippen LogP contribution in [0, 0.1) is 0 Å². The summed E-state index contributed by atoms with van der Waals surface area (Å²) in [5.41, 5.74) is 5.36. The van der Waals surface area contributed by atoms with Gasteiger partial charge in [-0.15, -0.1) is 0 Å². The molecule has 7 heteroatoms.